The van der Waals surface area contributed by atoms with E-state index in [1.807, 2.05) is 0 Å². The minimum atomic E-state index is -5.12. The molecular formula is H4LiMnO8P. The van der Waals surface area contributed by atoms with Crippen molar-refractivity contribution in [3.05, 3.63) is 0 Å². The van der Waals surface area contributed by atoms with Gasteiger partial charge in [0.2, 0.25) is 0 Å². The normalized spacial score (nSPS) is 10.6. The van der Waals surface area contributed by atoms with E-state index in [1.54, 1.807) is 0 Å². The van der Waals surface area contributed by atoms with E-state index in [0.717, 1.165) is 0 Å². The fraction of sp³-hybridized carbons (Fsp3) is 0. The van der Waals surface area contributed by atoms with Crippen molar-refractivity contribution in [1.82, 2.24) is 0 Å². The molecule has 0 spiro atoms. The van der Waals surface area contributed by atoms with E-state index < -0.39 is 21.2 Å². The Balaban J connectivity index is -0.000000107. The molecule has 0 aliphatic heterocycles. The van der Waals surface area contributed by atoms with Crippen molar-refractivity contribution in [3.63, 3.8) is 0 Å². The summed E-state index contributed by atoms with van der Waals surface area (Å²) < 4.78 is 40.6. The predicted octanol–water partition coefficient (Wildman–Crippen LogP) is -5.91. The van der Waals surface area contributed by atoms with Gasteiger partial charge in [-0.3, -0.25) is 4.57 Å². The fourth-order valence-corrected chi connectivity index (χ4v) is 0. The second-order valence-corrected chi connectivity index (χ2v) is 3.18. The van der Waals surface area contributed by atoms with Crippen molar-refractivity contribution in [3.8, 4) is 0 Å². The Labute approximate surface area is 75.6 Å². The molecule has 11 heavy (non-hydrogen) atoms. The zero-order valence-corrected chi connectivity index (χ0v) is 7.32. The van der Waals surface area contributed by atoms with Gasteiger partial charge in [0.05, 0.1) is 0 Å². The number of phosphoric acid groups is 1. The molecule has 0 atom stereocenters. The SMILES string of the molecule is O=P([O-])(O)O.[Li+].[O]=[Mn](=[O])([OH])[OH]. The van der Waals surface area contributed by atoms with Gasteiger partial charge in [-0.15, -0.1) is 0 Å². The van der Waals surface area contributed by atoms with Crippen LogP contribution in [0, 0.1) is 0 Å². The van der Waals surface area contributed by atoms with Crippen LogP contribution in [0.1, 0.15) is 0 Å². The van der Waals surface area contributed by atoms with E-state index in [0.29, 0.717) is 0 Å². The Kier molecular flexibility index (Phi) is 10.1. The zero-order valence-electron chi connectivity index (χ0n) is 5.25. The third kappa shape index (κ3) is 1470. The van der Waals surface area contributed by atoms with Gasteiger partial charge < -0.3 is 14.7 Å². The molecule has 0 saturated heterocycles. The molecule has 0 aromatic heterocycles. The molecule has 0 radical (unpaired) electrons. The second kappa shape index (κ2) is 6.28. The molecule has 0 rings (SSSR count). The molecule has 0 aromatic rings. The summed E-state index contributed by atoms with van der Waals surface area (Å²) in [5.74, 6) is 0. The van der Waals surface area contributed by atoms with Crippen LogP contribution in [0.2, 0.25) is 0 Å². The summed E-state index contributed by atoms with van der Waals surface area (Å²) >= 11 is -5.12. The summed E-state index contributed by atoms with van der Waals surface area (Å²) in [6.45, 7) is 0. The molecule has 65 valence electrons. The second-order valence-electron chi connectivity index (χ2n) is 0.905. The van der Waals surface area contributed by atoms with Crippen molar-refractivity contribution in [2.24, 2.45) is 0 Å². The Hall–Kier alpha value is 0.747. The average Bonchev–Trinajstić information content (AvgIpc) is 1.12. The standard InChI is InChI=1S/Li.Mn.H3O4P.2H2O.2O/c;;1-5(2,3)4;;;;/h;;(H3,1,2,3,4);2*1H2;;/q+1;+2;;;;;/p-3. The van der Waals surface area contributed by atoms with Gasteiger partial charge in [-0.25, -0.2) is 0 Å². The van der Waals surface area contributed by atoms with Crippen LogP contribution >= 0.6 is 7.82 Å². The van der Waals surface area contributed by atoms with Crippen LogP contribution in [0.3, 0.4) is 0 Å². The van der Waals surface area contributed by atoms with Gasteiger partial charge in [0.1, 0.15) is 0 Å². The van der Waals surface area contributed by atoms with Gasteiger partial charge in [-0.1, -0.05) is 0 Å². The average molecular weight is 225 g/mol. The molecule has 0 aliphatic rings. The molecule has 0 heterocycles. The molecule has 0 unspecified atom stereocenters. The van der Waals surface area contributed by atoms with Crippen LogP contribution in [0.5, 0.6) is 0 Å². The molecule has 4 N–H and O–H groups in total. The van der Waals surface area contributed by atoms with Crippen LogP contribution in [0.25, 0.3) is 0 Å². The van der Waals surface area contributed by atoms with E-state index >= 15 is 0 Å². The van der Waals surface area contributed by atoms with Crippen LogP contribution in [0.4, 0.5) is 0 Å². The van der Waals surface area contributed by atoms with Crippen molar-refractivity contribution in [2.45, 2.75) is 0 Å². The molecule has 0 aliphatic carbocycles. The van der Waals surface area contributed by atoms with Gasteiger partial charge in [-0.2, -0.15) is 0 Å². The van der Waals surface area contributed by atoms with Crippen molar-refractivity contribution in [1.29, 1.82) is 0 Å². The summed E-state index contributed by atoms with van der Waals surface area (Å²) in [5.41, 5.74) is 0. The monoisotopic (exact) mass is 225 g/mol. The van der Waals surface area contributed by atoms with Crippen LogP contribution in [-0.4, -0.2) is 18.2 Å². The van der Waals surface area contributed by atoms with Crippen LogP contribution in [-0.2, 0) is 25.6 Å². The number of hydrogen-bond acceptors (Lipinski definition) is 4. The first-order valence-corrected chi connectivity index (χ1v) is 4.96. The number of rotatable bonds is 0. The Morgan fingerprint density at radius 1 is 1.18 bits per heavy atom. The van der Waals surface area contributed by atoms with Gasteiger partial charge in [-0.05, 0) is 0 Å². The summed E-state index contributed by atoms with van der Waals surface area (Å²) in [5, 5.41) is 0. The first kappa shape index (κ1) is 17.7. The summed E-state index contributed by atoms with van der Waals surface area (Å²) in [7, 11) is -4.89. The zero-order chi connectivity index (χ0) is 9.00. The first-order chi connectivity index (χ1) is 4.00. The van der Waals surface area contributed by atoms with Crippen LogP contribution in [0.15, 0.2) is 0 Å². The molecule has 0 amide bonds. The fourth-order valence-electron chi connectivity index (χ4n) is 0. The molecule has 0 aromatic carbocycles. The topological polar surface area (TPSA) is 155 Å². The molecule has 11 heteroatoms. The Morgan fingerprint density at radius 3 is 1.18 bits per heavy atom. The summed E-state index contributed by atoms with van der Waals surface area (Å²) in [6, 6.07) is 0. The maximum atomic E-state index is 8.80. The van der Waals surface area contributed by atoms with E-state index in [2.05, 4.69) is 0 Å². The van der Waals surface area contributed by atoms with Crippen molar-refractivity contribution < 1.29 is 67.5 Å². The van der Waals surface area contributed by atoms with E-state index in [-0.39, 0.29) is 18.9 Å². The third-order valence-corrected chi connectivity index (χ3v) is 0. The van der Waals surface area contributed by atoms with E-state index in [9.17, 15) is 0 Å². The van der Waals surface area contributed by atoms with Gasteiger partial charge in [0.25, 0.3) is 7.82 Å². The van der Waals surface area contributed by atoms with Gasteiger partial charge in [0, 0.05) is 0 Å². The third-order valence-electron chi connectivity index (χ3n) is 0. The molecule has 0 bridgehead atoms. The quantitative estimate of drug-likeness (QED) is 0.234. The molecule has 8 nitrogen and oxygen atoms in total. The van der Waals surface area contributed by atoms with E-state index in [4.69, 9.17) is 35.3 Å². The molecule has 0 fully saturated rings. The van der Waals surface area contributed by atoms with Crippen molar-refractivity contribution >= 4 is 7.82 Å². The maximum absolute atomic E-state index is 8.80. The van der Waals surface area contributed by atoms with E-state index in [1.165, 1.54) is 0 Å². The molecule has 0 saturated carbocycles. The predicted molar refractivity (Wildman–Crippen MR) is 17.9 cm³/mol. The van der Waals surface area contributed by atoms with Gasteiger partial charge in [0.15, 0.2) is 0 Å². The minimum absolute atomic E-state index is 0. The summed E-state index contributed by atoms with van der Waals surface area (Å²) in [6.07, 6.45) is 0. The van der Waals surface area contributed by atoms with Crippen molar-refractivity contribution in [2.75, 3.05) is 0 Å². The van der Waals surface area contributed by atoms with Crippen LogP contribution < -0.4 is 23.8 Å². The number of hydrogen-bond donors (Lipinski definition) is 4. The Bertz CT molecular complexity index is 192. The molecular weight excluding hydrogens is 221 g/mol. The Morgan fingerprint density at radius 2 is 1.18 bits per heavy atom. The van der Waals surface area contributed by atoms with Gasteiger partial charge >= 0.3 is 48.3 Å². The first-order valence-electron chi connectivity index (χ1n) is 1.41. The summed E-state index contributed by atoms with van der Waals surface area (Å²) in [4.78, 5) is 22.9.